The highest BCUT2D eigenvalue weighted by Crippen LogP contribution is 2.49. The van der Waals surface area contributed by atoms with Gasteiger partial charge in [0.05, 0.1) is 5.69 Å². The smallest absolute Gasteiger partial charge is 0.0555 e. The van der Waals surface area contributed by atoms with Crippen molar-refractivity contribution in [2.75, 3.05) is 4.90 Å². The molecule has 248 valence electrons. The van der Waals surface area contributed by atoms with Gasteiger partial charge in [0.15, 0.2) is 0 Å². The molecular formula is C50H31NS2. The Morgan fingerprint density at radius 3 is 1.49 bits per heavy atom. The van der Waals surface area contributed by atoms with Crippen molar-refractivity contribution in [1.29, 1.82) is 0 Å². The van der Waals surface area contributed by atoms with Crippen LogP contribution in [0.5, 0.6) is 0 Å². The molecule has 9 aromatic carbocycles. The molecule has 0 aliphatic carbocycles. The van der Waals surface area contributed by atoms with Crippen LogP contribution in [0.1, 0.15) is 0 Å². The van der Waals surface area contributed by atoms with Gasteiger partial charge in [0, 0.05) is 51.7 Å². The second-order valence-corrected chi connectivity index (χ2v) is 15.9. The third-order valence-electron chi connectivity index (χ3n) is 10.6. The zero-order chi connectivity index (χ0) is 34.9. The Kier molecular flexibility index (Phi) is 6.97. The molecule has 2 heterocycles. The second kappa shape index (κ2) is 12.2. The highest BCUT2D eigenvalue weighted by Gasteiger charge is 2.21. The Bertz CT molecular complexity index is 3040. The number of hydrogen-bond acceptors (Lipinski definition) is 3. The second-order valence-electron chi connectivity index (χ2n) is 13.7. The van der Waals surface area contributed by atoms with Crippen molar-refractivity contribution in [3.8, 4) is 22.3 Å². The molecule has 53 heavy (non-hydrogen) atoms. The van der Waals surface area contributed by atoms with E-state index < -0.39 is 0 Å². The zero-order valence-corrected chi connectivity index (χ0v) is 30.3. The summed E-state index contributed by atoms with van der Waals surface area (Å²) in [6.07, 6.45) is 0. The summed E-state index contributed by atoms with van der Waals surface area (Å²) >= 11 is 3.80. The summed E-state index contributed by atoms with van der Waals surface area (Å²) in [5.41, 5.74) is 8.30. The van der Waals surface area contributed by atoms with E-state index in [0.29, 0.717) is 0 Å². The van der Waals surface area contributed by atoms with Crippen LogP contribution < -0.4 is 4.90 Å². The molecule has 11 aromatic rings. The average molecular weight is 710 g/mol. The molecule has 3 heteroatoms. The summed E-state index contributed by atoms with van der Waals surface area (Å²) in [6.45, 7) is 0. The van der Waals surface area contributed by atoms with Gasteiger partial charge in [-0.3, -0.25) is 0 Å². The Morgan fingerprint density at radius 2 is 0.849 bits per heavy atom. The predicted molar refractivity (Wildman–Crippen MR) is 233 cm³/mol. The quantitative estimate of drug-likeness (QED) is 0.172. The van der Waals surface area contributed by atoms with Gasteiger partial charge in [-0.1, -0.05) is 127 Å². The van der Waals surface area contributed by atoms with Crippen molar-refractivity contribution in [1.82, 2.24) is 0 Å². The van der Waals surface area contributed by atoms with E-state index in [9.17, 15) is 0 Å². The predicted octanol–water partition coefficient (Wildman–Crippen LogP) is 15.5. The first kappa shape index (κ1) is 30.4. The molecule has 0 atom stereocenters. The maximum atomic E-state index is 2.45. The van der Waals surface area contributed by atoms with Crippen LogP contribution in [0.15, 0.2) is 188 Å². The maximum absolute atomic E-state index is 2.45. The molecule has 0 aliphatic heterocycles. The van der Waals surface area contributed by atoms with Crippen LogP contribution in [-0.4, -0.2) is 0 Å². The van der Waals surface area contributed by atoms with E-state index in [1.54, 1.807) is 0 Å². The number of rotatable bonds is 5. The van der Waals surface area contributed by atoms with Crippen molar-refractivity contribution in [3.63, 3.8) is 0 Å². The van der Waals surface area contributed by atoms with Crippen molar-refractivity contribution >= 4 is 102 Å². The van der Waals surface area contributed by atoms with Crippen LogP contribution >= 0.6 is 22.7 Å². The molecule has 2 aromatic heterocycles. The lowest BCUT2D eigenvalue weighted by Gasteiger charge is -2.27. The van der Waals surface area contributed by atoms with E-state index in [-0.39, 0.29) is 0 Å². The molecular weight excluding hydrogens is 679 g/mol. The van der Waals surface area contributed by atoms with Crippen LogP contribution in [0.25, 0.3) is 84.1 Å². The third-order valence-corrected chi connectivity index (χ3v) is 13.0. The van der Waals surface area contributed by atoms with Crippen molar-refractivity contribution in [3.05, 3.63) is 188 Å². The average Bonchev–Trinajstić information content (AvgIpc) is 3.80. The van der Waals surface area contributed by atoms with Crippen LogP contribution in [0, 0.1) is 0 Å². The molecule has 0 unspecified atom stereocenters. The molecule has 0 N–H and O–H groups in total. The number of hydrogen-bond donors (Lipinski definition) is 0. The van der Waals surface area contributed by atoms with Gasteiger partial charge in [-0.05, 0) is 104 Å². The van der Waals surface area contributed by atoms with E-state index in [4.69, 9.17) is 0 Å². The summed E-state index contributed by atoms with van der Waals surface area (Å²) in [4.78, 5) is 2.45. The highest BCUT2D eigenvalue weighted by atomic mass is 32.1. The molecule has 0 saturated heterocycles. The van der Waals surface area contributed by atoms with Gasteiger partial charge in [0.25, 0.3) is 0 Å². The van der Waals surface area contributed by atoms with Crippen molar-refractivity contribution in [2.45, 2.75) is 0 Å². The SMILES string of the molecule is c1ccc2cc(-c3ccc(N(c4ccc(-c5ccc6ccccc6c5)cc4)c4cccc5sc6ccc7c8ccccc8sc7c6c45)cc3)ccc2c1. The lowest BCUT2D eigenvalue weighted by molar-refractivity contribution is 1.30. The fraction of sp³-hybridized carbons (Fsp3) is 0. The third kappa shape index (κ3) is 5.04. The van der Waals surface area contributed by atoms with Crippen molar-refractivity contribution < 1.29 is 0 Å². The Hall–Kier alpha value is -6.26. The van der Waals surface area contributed by atoms with Crippen molar-refractivity contribution in [2.24, 2.45) is 0 Å². The first-order chi connectivity index (χ1) is 26.2. The van der Waals surface area contributed by atoms with Gasteiger partial charge < -0.3 is 4.90 Å². The normalized spacial score (nSPS) is 11.8. The molecule has 11 rings (SSSR count). The summed E-state index contributed by atoms with van der Waals surface area (Å²) in [6, 6.07) is 69.1. The molecule has 1 nitrogen and oxygen atoms in total. The number of fused-ring (bicyclic) bond motifs is 9. The zero-order valence-electron chi connectivity index (χ0n) is 28.7. The molecule has 0 fully saturated rings. The van der Waals surface area contributed by atoms with E-state index >= 15 is 0 Å². The minimum Gasteiger partial charge on any atom is -0.310 e. The number of thiophene rings is 2. The lowest BCUT2D eigenvalue weighted by atomic mass is 10.00. The fourth-order valence-electron chi connectivity index (χ4n) is 8.02. The van der Waals surface area contributed by atoms with Gasteiger partial charge in [0.1, 0.15) is 0 Å². The Morgan fingerprint density at radius 1 is 0.321 bits per heavy atom. The Labute approximate surface area is 315 Å². The maximum Gasteiger partial charge on any atom is 0.0555 e. The van der Waals surface area contributed by atoms with E-state index in [1.807, 2.05) is 22.7 Å². The molecule has 0 aliphatic rings. The van der Waals surface area contributed by atoms with Gasteiger partial charge in [0.2, 0.25) is 0 Å². The number of anilines is 3. The summed E-state index contributed by atoms with van der Waals surface area (Å²) in [7, 11) is 0. The molecule has 0 saturated carbocycles. The minimum absolute atomic E-state index is 1.13. The van der Waals surface area contributed by atoms with Gasteiger partial charge in [-0.25, -0.2) is 0 Å². The van der Waals surface area contributed by atoms with Crippen LogP contribution in [0.2, 0.25) is 0 Å². The first-order valence-corrected chi connectivity index (χ1v) is 19.6. The molecule has 0 amide bonds. The van der Waals surface area contributed by atoms with E-state index in [1.165, 1.54) is 89.8 Å². The first-order valence-electron chi connectivity index (χ1n) is 18.0. The van der Waals surface area contributed by atoms with Crippen LogP contribution in [-0.2, 0) is 0 Å². The van der Waals surface area contributed by atoms with Crippen LogP contribution in [0.4, 0.5) is 17.1 Å². The van der Waals surface area contributed by atoms with Gasteiger partial charge in [-0.15, -0.1) is 22.7 Å². The lowest BCUT2D eigenvalue weighted by Crippen LogP contribution is -2.10. The Balaban J connectivity index is 1.10. The topological polar surface area (TPSA) is 3.24 Å². The molecule has 0 spiro atoms. The fourth-order valence-corrected chi connectivity index (χ4v) is 10.5. The summed E-state index contributed by atoms with van der Waals surface area (Å²) < 4.78 is 5.32. The number of nitrogens with zero attached hydrogens (tertiary/aromatic N) is 1. The number of benzene rings is 9. The largest absolute Gasteiger partial charge is 0.310 e. The van der Waals surface area contributed by atoms with Gasteiger partial charge >= 0.3 is 0 Å². The van der Waals surface area contributed by atoms with E-state index in [2.05, 4.69) is 193 Å². The standard InChI is InChI=1S/C50H31NS2/c1-3-10-36-30-38(18-16-32(36)8-1)34-20-24-40(25-21-34)51(41-26-22-35(23-27-41)39-19-17-33-9-2-4-11-37(33)31-39)44-13-7-15-46-48(44)49-47(52-46)29-28-43-42-12-5-6-14-45(42)53-50(43)49/h1-31H. The molecule has 0 radical (unpaired) electrons. The summed E-state index contributed by atoms with van der Waals surface area (Å²) in [5.74, 6) is 0. The van der Waals surface area contributed by atoms with E-state index in [0.717, 1.165) is 11.4 Å². The monoisotopic (exact) mass is 709 g/mol. The minimum atomic E-state index is 1.13. The van der Waals surface area contributed by atoms with Crippen LogP contribution in [0.3, 0.4) is 0 Å². The van der Waals surface area contributed by atoms with Gasteiger partial charge in [-0.2, -0.15) is 0 Å². The molecule has 0 bridgehead atoms. The highest BCUT2D eigenvalue weighted by molar-refractivity contribution is 7.29. The summed E-state index contributed by atoms with van der Waals surface area (Å²) in [5, 5.41) is 10.4.